The zero-order chi connectivity index (χ0) is 24.2. The summed E-state index contributed by atoms with van der Waals surface area (Å²) in [5.41, 5.74) is 14.4. The van der Waals surface area contributed by atoms with Gasteiger partial charge < -0.3 is 21.2 Å². The zero-order valence-electron chi connectivity index (χ0n) is 20.4. The molecule has 0 spiro atoms. The number of carbonyl (C=O) groups excluding carboxylic acids is 1. The highest BCUT2D eigenvalue weighted by atomic mass is 16.4. The molecule has 3 heterocycles. The number of amides is 1. The van der Waals surface area contributed by atoms with Crippen molar-refractivity contribution in [1.29, 1.82) is 0 Å². The summed E-state index contributed by atoms with van der Waals surface area (Å²) in [6.07, 6.45) is 6.75. The zero-order valence-corrected chi connectivity index (χ0v) is 20.4. The Bertz CT molecular complexity index is 1180. The molecule has 3 aromatic rings. The highest BCUT2D eigenvalue weighted by Gasteiger charge is 2.49. The van der Waals surface area contributed by atoms with E-state index in [-0.39, 0.29) is 22.4 Å². The Morgan fingerprint density at radius 3 is 2.64 bits per heavy atom. The van der Waals surface area contributed by atoms with E-state index in [9.17, 15) is 4.79 Å². The standard InChI is InChI=1S/C24H35N7O2/c1-22(2,3)9-8-18-29-30-21(33-18)14-11-16-19(15(20(25)32)12-27-31(16)13-14)28-17-7-10-24(6,26)23(17,4)5/h11-13,17,28H,7-10,26H2,1-6H3,(H2,25,32)/t17-,24+/m1/s1. The second kappa shape index (κ2) is 7.83. The van der Waals surface area contributed by atoms with Crippen molar-refractivity contribution in [2.45, 2.75) is 78.8 Å². The van der Waals surface area contributed by atoms with Gasteiger partial charge in [-0.25, -0.2) is 4.52 Å². The summed E-state index contributed by atoms with van der Waals surface area (Å²) in [5.74, 6) is 0.491. The van der Waals surface area contributed by atoms with Gasteiger partial charge in [0.25, 0.3) is 5.91 Å². The Labute approximate surface area is 194 Å². The van der Waals surface area contributed by atoms with Crippen molar-refractivity contribution in [3.8, 4) is 11.5 Å². The van der Waals surface area contributed by atoms with Crippen molar-refractivity contribution in [3.05, 3.63) is 29.9 Å². The van der Waals surface area contributed by atoms with Gasteiger partial charge in [-0.05, 0) is 37.7 Å². The molecule has 9 heteroatoms. The Hall–Kier alpha value is -2.94. The van der Waals surface area contributed by atoms with E-state index in [1.54, 1.807) is 4.52 Å². The van der Waals surface area contributed by atoms with Crippen molar-refractivity contribution < 1.29 is 9.21 Å². The third kappa shape index (κ3) is 4.34. The van der Waals surface area contributed by atoms with Gasteiger partial charge in [-0.3, -0.25) is 4.79 Å². The third-order valence-electron chi connectivity index (χ3n) is 7.32. The van der Waals surface area contributed by atoms with Crippen LogP contribution in [0.5, 0.6) is 0 Å². The molecule has 0 saturated heterocycles. The molecule has 0 aromatic carbocycles. The lowest BCUT2D eigenvalue weighted by Crippen LogP contribution is -2.51. The number of carbonyl (C=O) groups is 1. The van der Waals surface area contributed by atoms with Crippen molar-refractivity contribution in [1.82, 2.24) is 19.8 Å². The Balaban J connectivity index is 1.70. The largest absolute Gasteiger partial charge is 0.421 e. The average Bonchev–Trinajstić information content (AvgIpc) is 3.38. The molecule has 9 nitrogen and oxygen atoms in total. The number of fused-ring (bicyclic) bond motifs is 1. The summed E-state index contributed by atoms with van der Waals surface area (Å²) in [5, 5.41) is 16.4. The van der Waals surface area contributed by atoms with Crippen LogP contribution in [0.4, 0.5) is 5.69 Å². The number of nitrogens with zero attached hydrogens (tertiary/aromatic N) is 4. The molecule has 0 aliphatic heterocycles. The van der Waals surface area contributed by atoms with E-state index in [1.807, 2.05) is 12.3 Å². The lowest BCUT2D eigenvalue weighted by atomic mass is 9.75. The second-order valence-corrected chi connectivity index (χ2v) is 11.3. The number of hydrogen-bond donors (Lipinski definition) is 3. The average molecular weight is 454 g/mol. The fourth-order valence-corrected chi connectivity index (χ4v) is 4.42. The molecular weight excluding hydrogens is 418 g/mol. The van der Waals surface area contributed by atoms with Crippen LogP contribution in [0.1, 0.15) is 77.1 Å². The summed E-state index contributed by atoms with van der Waals surface area (Å²) in [6, 6.07) is 1.97. The van der Waals surface area contributed by atoms with E-state index in [0.717, 1.165) is 36.8 Å². The maximum absolute atomic E-state index is 12.2. The molecule has 2 atom stereocenters. The minimum Gasteiger partial charge on any atom is -0.421 e. The van der Waals surface area contributed by atoms with Gasteiger partial charge in [0.15, 0.2) is 0 Å². The maximum atomic E-state index is 12.2. The molecule has 5 N–H and O–H groups in total. The van der Waals surface area contributed by atoms with E-state index in [4.69, 9.17) is 15.9 Å². The van der Waals surface area contributed by atoms with E-state index in [1.165, 1.54) is 6.20 Å². The van der Waals surface area contributed by atoms with Crippen LogP contribution in [0.25, 0.3) is 17.0 Å². The number of primary amides is 1. The lowest BCUT2D eigenvalue weighted by molar-refractivity contribution is 0.100. The molecule has 1 amide bonds. The Morgan fingerprint density at radius 2 is 2.03 bits per heavy atom. The molecule has 4 rings (SSSR count). The van der Waals surface area contributed by atoms with Crippen LogP contribution < -0.4 is 16.8 Å². The molecule has 0 unspecified atom stereocenters. The number of anilines is 1. The topological polar surface area (TPSA) is 137 Å². The normalized spacial score (nSPS) is 22.7. The first kappa shape index (κ1) is 23.2. The number of nitrogens with one attached hydrogen (secondary N) is 1. The fourth-order valence-electron chi connectivity index (χ4n) is 4.42. The molecule has 3 aromatic heterocycles. The first-order chi connectivity index (χ1) is 15.3. The summed E-state index contributed by atoms with van der Waals surface area (Å²) in [4.78, 5) is 12.2. The summed E-state index contributed by atoms with van der Waals surface area (Å²) < 4.78 is 7.62. The minimum atomic E-state index is -0.538. The molecule has 33 heavy (non-hydrogen) atoms. The quantitative estimate of drug-likeness (QED) is 0.516. The van der Waals surface area contributed by atoms with Crippen LogP contribution >= 0.6 is 0 Å². The predicted molar refractivity (Wildman–Crippen MR) is 128 cm³/mol. The van der Waals surface area contributed by atoms with E-state index in [0.29, 0.717) is 23.0 Å². The second-order valence-electron chi connectivity index (χ2n) is 11.3. The van der Waals surface area contributed by atoms with Crippen molar-refractivity contribution >= 4 is 17.1 Å². The lowest BCUT2D eigenvalue weighted by Gasteiger charge is -2.39. The van der Waals surface area contributed by atoms with Gasteiger partial charge in [0.1, 0.15) is 0 Å². The van der Waals surface area contributed by atoms with Crippen molar-refractivity contribution in [2.75, 3.05) is 5.32 Å². The van der Waals surface area contributed by atoms with Gasteiger partial charge in [0, 0.05) is 29.6 Å². The first-order valence-corrected chi connectivity index (χ1v) is 11.5. The van der Waals surface area contributed by atoms with Crippen molar-refractivity contribution in [3.63, 3.8) is 0 Å². The number of hydrogen-bond acceptors (Lipinski definition) is 7. The third-order valence-corrected chi connectivity index (χ3v) is 7.32. The van der Waals surface area contributed by atoms with Crippen LogP contribution in [0, 0.1) is 10.8 Å². The number of aryl methyl sites for hydroxylation is 1. The highest BCUT2D eigenvalue weighted by molar-refractivity contribution is 6.02. The molecule has 0 radical (unpaired) electrons. The minimum absolute atomic E-state index is 0.0718. The van der Waals surface area contributed by atoms with Crippen molar-refractivity contribution in [2.24, 2.45) is 22.3 Å². The first-order valence-electron chi connectivity index (χ1n) is 11.5. The van der Waals surface area contributed by atoms with Crippen LogP contribution in [0.15, 0.2) is 22.9 Å². The van der Waals surface area contributed by atoms with Gasteiger partial charge in [-0.15, -0.1) is 10.2 Å². The number of nitrogens with two attached hydrogens (primary N) is 2. The van der Waals surface area contributed by atoms with E-state index in [2.05, 4.69) is 62.2 Å². The van der Waals surface area contributed by atoms with Gasteiger partial charge in [0.05, 0.1) is 28.5 Å². The van der Waals surface area contributed by atoms with Crippen LogP contribution in [0.3, 0.4) is 0 Å². The number of aromatic nitrogens is 4. The molecule has 0 bridgehead atoms. The maximum Gasteiger partial charge on any atom is 0.252 e. The van der Waals surface area contributed by atoms with Gasteiger partial charge in [-0.1, -0.05) is 34.6 Å². The molecule has 1 fully saturated rings. The van der Waals surface area contributed by atoms with Gasteiger partial charge in [-0.2, -0.15) is 5.10 Å². The van der Waals surface area contributed by atoms with E-state index >= 15 is 0 Å². The van der Waals surface area contributed by atoms with E-state index < -0.39 is 5.91 Å². The van der Waals surface area contributed by atoms with Crippen LogP contribution in [0.2, 0.25) is 0 Å². The molecule has 178 valence electrons. The molecule has 1 aliphatic rings. The monoisotopic (exact) mass is 453 g/mol. The molecule has 1 aliphatic carbocycles. The van der Waals surface area contributed by atoms with Gasteiger partial charge in [0.2, 0.25) is 11.8 Å². The van der Waals surface area contributed by atoms with Gasteiger partial charge >= 0.3 is 0 Å². The SMILES string of the molecule is CC(C)(C)CCc1nnc(-c2cc3c(N[C@@H]4CC[C@](C)(N)C4(C)C)c(C(N)=O)cnn3c2)o1. The summed E-state index contributed by atoms with van der Waals surface area (Å²) >= 11 is 0. The smallest absolute Gasteiger partial charge is 0.252 e. The molecule has 1 saturated carbocycles. The highest BCUT2D eigenvalue weighted by Crippen LogP contribution is 2.46. The fraction of sp³-hybridized carbons (Fsp3) is 0.583. The van der Waals surface area contributed by atoms with Crippen LogP contribution in [-0.4, -0.2) is 37.3 Å². The predicted octanol–water partition coefficient (Wildman–Crippen LogP) is 3.78. The Kier molecular flexibility index (Phi) is 5.51. The summed E-state index contributed by atoms with van der Waals surface area (Å²) in [6.45, 7) is 12.9. The van der Waals surface area contributed by atoms with Crippen LogP contribution in [-0.2, 0) is 6.42 Å². The Morgan fingerprint density at radius 1 is 1.30 bits per heavy atom. The summed E-state index contributed by atoms with van der Waals surface area (Å²) in [7, 11) is 0. The molecular formula is C24H35N7O2. The number of rotatable bonds is 6.